The fourth-order valence-electron chi connectivity index (χ4n) is 2.00. The standard InChI is InChI=1S/C13H13N3O3S/c14-7-11-3-1-2-4-12(11)10-20(17,18)16-5-6-19-13(8-15)9-16/h1-4,13H,5-6,9-10H2. The van der Waals surface area contributed by atoms with Crippen LogP contribution in [0.3, 0.4) is 0 Å². The number of hydrogen-bond acceptors (Lipinski definition) is 5. The molecule has 7 heteroatoms. The van der Waals surface area contributed by atoms with E-state index in [1.165, 1.54) is 4.31 Å². The highest BCUT2D eigenvalue weighted by molar-refractivity contribution is 7.88. The SMILES string of the molecule is N#Cc1ccccc1CS(=O)(=O)N1CCOC(C#N)C1. The minimum atomic E-state index is -3.56. The predicted octanol–water partition coefficient (Wildman–Crippen LogP) is 0.612. The lowest BCUT2D eigenvalue weighted by Gasteiger charge is -2.29. The van der Waals surface area contributed by atoms with Crippen LogP contribution in [-0.4, -0.2) is 38.5 Å². The van der Waals surface area contributed by atoms with Crippen LogP contribution in [0.25, 0.3) is 0 Å². The summed E-state index contributed by atoms with van der Waals surface area (Å²) in [6.07, 6.45) is -0.732. The third-order valence-electron chi connectivity index (χ3n) is 3.04. The van der Waals surface area contributed by atoms with E-state index < -0.39 is 16.1 Å². The number of sulfonamides is 1. The van der Waals surface area contributed by atoms with Gasteiger partial charge in [0.2, 0.25) is 10.0 Å². The maximum absolute atomic E-state index is 12.3. The molecular formula is C13H13N3O3S. The summed E-state index contributed by atoms with van der Waals surface area (Å²) in [7, 11) is -3.56. The lowest BCUT2D eigenvalue weighted by Crippen LogP contribution is -2.45. The van der Waals surface area contributed by atoms with Crippen molar-refractivity contribution in [3.8, 4) is 12.1 Å². The molecule has 104 valence electrons. The summed E-state index contributed by atoms with van der Waals surface area (Å²) in [5.74, 6) is -0.241. The Labute approximate surface area is 117 Å². The van der Waals surface area contributed by atoms with E-state index in [2.05, 4.69) is 0 Å². The van der Waals surface area contributed by atoms with Crippen molar-refractivity contribution in [2.24, 2.45) is 0 Å². The molecule has 1 aliphatic rings. The molecule has 0 radical (unpaired) electrons. The molecule has 0 aliphatic carbocycles. The largest absolute Gasteiger partial charge is 0.361 e. The first-order valence-electron chi connectivity index (χ1n) is 6.04. The van der Waals surface area contributed by atoms with Gasteiger partial charge in [0, 0.05) is 6.54 Å². The Kier molecular flexibility index (Phi) is 4.35. The lowest BCUT2D eigenvalue weighted by atomic mass is 10.1. The molecule has 1 fully saturated rings. The van der Waals surface area contributed by atoms with Crippen molar-refractivity contribution >= 4 is 10.0 Å². The summed E-state index contributed by atoms with van der Waals surface area (Å²) in [6.45, 7) is 0.472. The van der Waals surface area contributed by atoms with Crippen molar-refractivity contribution in [1.29, 1.82) is 10.5 Å². The Morgan fingerprint density at radius 3 is 2.80 bits per heavy atom. The van der Waals surface area contributed by atoms with Crippen LogP contribution >= 0.6 is 0 Å². The number of ether oxygens (including phenoxy) is 1. The number of hydrogen-bond donors (Lipinski definition) is 0. The number of nitrogens with zero attached hydrogens (tertiary/aromatic N) is 3. The number of morpholine rings is 1. The van der Waals surface area contributed by atoms with E-state index >= 15 is 0 Å². The first-order valence-corrected chi connectivity index (χ1v) is 7.65. The van der Waals surface area contributed by atoms with Gasteiger partial charge in [-0.1, -0.05) is 18.2 Å². The van der Waals surface area contributed by atoms with Gasteiger partial charge in [-0.3, -0.25) is 0 Å². The van der Waals surface area contributed by atoms with Crippen molar-refractivity contribution in [2.45, 2.75) is 11.9 Å². The average molecular weight is 291 g/mol. The highest BCUT2D eigenvalue weighted by Crippen LogP contribution is 2.17. The first-order chi connectivity index (χ1) is 9.56. The molecule has 1 atom stereocenters. The summed E-state index contributed by atoms with van der Waals surface area (Å²) >= 11 is 0. The Balaban J connectivity index is 2.19. The molecule has 6 nitrogen and oxygen atoms in total. The summed E-state index contributed by atoms with van der Waals surface area (Å²) in [6, 6.07) is 10.5. The quantitative estimate of drug-likeness (QED) is 0.813. The van der Waals surface area contributed by atoms with Crippen LogP contribution in [0.2, 0.25) is 0 Å². The van der Waals surface area contributed by atoms with Gasteiger partial charge in [0.1, 0.15) is 0 Å². The van der Waals surface area contributed by atoms with Gasteiger partial charge in [-0.05, 0) is 11.6 Å². The van der Waals surface area contributed by atoms with E-state index in [0.717, 1.165) is 0 Å². The molecule has 0 bridgehead atoms. The second kappa shape index (κ2) is 6.02. The Hall–Kier alpha value is -1.93. The molecule has 20 heavy (non-hydrogen) atoms. The molecule has 0 amide bonds. The highest BCUT2D eigenvalue weighted by atomic mass is 32.2. The van der Waals surface area contributed by atoms with Gasteiger partial charge in [-0.2, -0.15) is 14.8 Å². The first kappa shape index (κ1) is 14.5. The van der Waals surface area contributed by atoms with Gasteiger partial charge in [0.15, 0.2) is 6.10 Å². The van der Waals surface area contributed by atoms with Crippen LogP contribution in [-0.2, 0) is 20.5 Å². The molecule has 0 saturated carbocycles. The van der Waals surface area contributed by atoms with Crippen LogP contribution in [0.1, 0.15) is 11.1 Å². The monoisotopic (exact) mass is 291 g/mol. The fraction of sp³-hybridized carbons (Fsp3) is 0.385. The minimum absolute atomic E-state index is 0.0353. The van der Waals surface area contributed by atoms with Crippen molar-refractivity contribution < 1.29 is 13.2 Å². The average Bonchev–Trinajstić information content (AvgIpc) is 2.47. The maximum atomic E-state index is 12.3. The van der Waals surface area contributed by atoms with Crippen LogP contribution < -0.4 is 0 Å². The third-order valence-corrected chi connectivity index (χ3v) is 4.84. The summed E-state index contributed by atoms with van der Waals surface area (Å²) in [4.78, 5) is 0. The summed E-state index contributed by atoms with van der Waals surface area (Å²) in [5.41, 5.74) is 0.816. The topological polar surface area (TPSA) is 94.2 Å². The van der Waals surface area contributed by atoms with E-state index in [9.17, 15) is 8.42 Å². The maximum Gasteiger partial charge on any atom is 0.218 e. The lowest BCUT2D eigenvalue weighted by molar-refractivity contribution is 0.0311. The van der Waals surface area contributed by atoms with Crippen LogP contribution in [0.5, 0.6) is 0 Å². The second-order valence-corrected chi connectivity index (χ2v) is 6.34. The van der Waals surface area contributed by atoms with Gasteiger partial charge in [-0.25, -0.2) is 8.42 Å². The number of nitriles is 2. The van der Waals surface area contributed by atoms with Gasteiger partial charge >= 0.3 is 0 Å². The molecular weight excluding hydrogens is 278 g/mol. The van der Waals surface area contributed by atoms with Crippen LogP contribution in [0.15, 0.2) is 24.3 Å². The van der Waals surface area contributed by atoms with E-state index in [-0.39, 0.29) is 25.4 Å². The Morgan fingerprint density at radius 1 is 1.35 bits per heavy atom. The second-order valence-electron chi connectivity index (χ2n) is 4.37. The van der Waals surface area contributed by atoms with E-state index in [1.807, 2.05) is 12.1 Å². The van der Waals surface area contributed by atoms with Gasteiger partial charge < -0.3 is 4.74 Å². The third kappa shape index (κ3) is 3.14. The van der Waals surface area contributed by atoms with Crippen molar-refractivity contribution in [2.75, 3.05) is 19.7 Å². The Morgan fingerprint density at radius 2 is 2.10 bits per heavy atom. The molecule has 2 rings (SSSR count). The summed E-state index contributed by atoms with van der Waals surface area (Å²) in [5, 5.41) is 17.8. The zero-order chi connectivity index (χ0) is 14.6. The fourth-order valence-corrected chi connectivity index (χ4v) is 3.54. The zero-order valence-electron chi connectivity index (χ0n) is 10.7. The highest BCUT2D eigenvalue weighted by Gasteiger charge is 2.29. The molecule has 1 saturated heterocycles. The van der Waals surface area contributed by atoms with Crippen molar-refractivity contribution in [1.82, 2.24) is 4.31 Å². The molecule has 1 unspecified atom stereocenters. The molecule has 0 spiro atoms. The molecule has 1 aromatic carbocycles. The molecule has 1 heterocycles. The van der Waals surface area contributed by atoms with E-state index in [1.54, 1.807) is 24.3 Å². The minimum Gasteiger partial charge on any atom is -0.361 e. The Bertz CT molecular complexity index is 673. The van der Waals surface area contributed by atoms with E-state index in [4.69, 9.17) is 15.3 Å². The number of rotatable bonds is 3. The number of benzene rings is 1. The van der Waals surface area contributed by atoms with Gasteiger partial charge in [0.25, 0.3) is 0 Å². The summed E-state index contributed by atoms with van der Waals surface area (Å²) < 4.78 is 31.0. The molecule has 0 N–H and O–H groups in total. The zero-order valence-corrected chi connectivity index (χ0v) is 11.5. The molecule has 0 aromatic heterocycles. The van der Waals surface area contributed by atoms with E-state index in [0.29, 0.717) is 11.1 Å². The van der Waals surface area contributed by atoms with Crippen LogP contribution in [0, 0.1) is 22.7 Å². The van der Waals surface area contributed by atoms with Crippen molar-refractivity contribution in [3.05, 3.63) is 35.4 Å². The van der Waals surface area contributed by atoms with Gasteiger partial charge in [0.05, 0.1) is 36.6 Å². The van der Waals surface area contributed by atoms with Crippen LogP contribution in [0.4, 0.5) is 0 Å². The van der Waals surface area contributed by atoms with Gasteiger partial charge in [-0.15, -0.1) is 0 Å². The smallest absolute Gasteiger partial charge is 0.218 e. The van der Waals surface area contributed by atoms with Crippen molar-refractivity contribution in [3.63, 3.8) is 0 Å². The normalized spacial score (nSPS) is 20.0. The molecule has 1 aliphatic heterocycles. The predicted molar refractivity (Wildman–Crippen MR) is 70.7 cm³/mol. The molecule has 1 aromatic rings.